The van der Waals surface area contributed by atoms with E-state index < -0.39 is 0 Å². The number of benzene rings is 3. The largest absolute Gasteiger partial charge is 0.489 e. The second-order valence-corrected chi connectivity index (χ2v) is 7.75. The first-order valence-corrected chi connectivity index (χ1v) is 10.9. The maximum Gasteiger partial charge on any atom is 0.260 e. The molecule has 5 rings (SSSR count). The number of amides is 1. The molecule has 3 aromatic carbocycles. The lowest BCUT2D eigenvalue weighted by molar-refractivity contribution is -0.121. The van der Waals surface area contributed by atoms with Crippen LogP contribution < -0.4 is 15.9 Å². The molecular weight excluding hydrogens is 465 g/mol. The number of hydrogen-bond donors (Lipinski definition) is 2. The molecule has 0 aliphatic carbocycles. The van der Waals surface area contributed by atoms with Crippen LogP contribution in [0.15, 0.2) is 82.5 Å². The molecule has 0 bridgehead atoms. The Morgan fingerprint density at radius 1 is 1.08 bits per heavy atom. The molecule has 11 heteroatoms. The number of carbonyl (C=O) groups excluding carboxylic acids is 1. The van der Waals surface area contributed by atoms with Gasteiger partial charge in [0.25, 0.3) is 5.91 Å². The minimum atomic E-state index is -0.379. The number of ether oxygens (including phenoxy) is 1. The lowest BCUT2D eigenvalue weighted by Gasteiger charge is -2.07. The van der Waals surface area contributed by atoms with Crippen molar-refractivity contribution < 1.29 is 18.6 Å². The van der Waals surface area contributed by atoms with Crippen LogP contribution in [-0.2, 0) is 17.9 Å². The predicted molar refractivity (Wildman–Crippen MR) is 130 cm³/mol. The highest BCUT2D eigenvalue weighted by Crippen LogP contribution is 2.26. The number of anilines is 1. The Bertz CT molecular complexity index is 1540. The van der Waals surface area contributed by atoms with Crippen LogP contribution >= 0.6 is 0 Å². The van der Waals surface area contributed by atoms with Crippen LogP contribution in [0.25, 0.3) is 22.6 Å². The molecule has 2 aromatic heterocycles. The Labute approximate surface area is 204 Å². The minimum absolute atomic E-state index is 0.0753. The number of halogens is 1. The minimum Gasteiger partial charge on any atom is -0.489 e. The maximum atomic E-state index is 13.7. The number of hydrazone groups is 1. The second-order valence-electron chi connectivity index (χ2n) is 7.75. The fourth-order valence-electron chi connectivity index (χ4n) is 3.55. The second kappa shape index (κ2) is 10.1. The van der Waals surface area contributed by atoms with E-state index in [0.29, 0.717) is 22.7 Å². The summed E-state index contributed by atoms with van der Waals surface area (Å²) < 4.78 is 25.7. The Hall–Kier alpha value is -5.06. The van der Waals surface area contributed by atoms with Crippen LogP contribution in [0, 0.1) is 5.82 Å². The first-order valence-electron chi connectivity index (χ1n) is 10.9. The molecule has 10 nitrogen and oxygen atoms in total. The van der Waals surface area contributed by atoms with Gasteiger partial charge in [-0.15, -0.1) is 0 Å². The summed E-state index contributed by atoms with van der Waals surface area (Å²) in [7, 11) is 0. The first kappa shape index (κ1) is 22.7. The molecule has 0 aliphatic heterocycles. The first-order chi connectivity index (χ1) is 17.6. The Kier molecular flexibility index (Phi) is 6.34. The van der Waals surface area contributed by atoms with Crippen LogP contribution in [0.3, 0.4) is 0 Å². The summed E-state index contributed by atoms with van der Waals surface area (Å²) in [6, 6.07) is 20.8. The fraction of sp³-hybridized carbons (Fsp3) is 0.0800. The van der Waals surface area contributed by atoms with Crippen molar-refractivity contribution in [1.82, 2.24) is 25.3 Å². The van der Waals surface area contributed by atoms with Crippen molar-refractivity contribution in [1.29, 1.82) is 0 Å². The standard InChI is InChI=1S/C25H20FN7O3/c26-19-6-2-1-5-17(19)15-35-18-11-9-16(10-12-18)13-28-30-22(34)14-33-21-8-4-3-7-20(21)29-25(33)23-24(27)32-36-31-23/h1-13H,14-15H2,(H2,27,32)(H,30,34)/b28-13+. The van der Waals surface area contributed by atoms with Crippen molar-refractivity contribution in [2.75, 3.05) is 5.73 Å². The van der Waals surface area contributed by atoms with E-state index in [2.05, 4.69) is 25.8 Å². The monoisotopic (exact) mass is 485 g/mol. The van der Waals surface area contributed by atoms with E-state index in [4.69, 9.17) is 15.1 Å². The predicted octanol–water partition coefficient (Wildman–Crippen LogP) is 3.54. The number of hydrogen-bond acceptors (Lipinski definition) is 8. The zero-order valence-electron chi connectivity index (χ0n) is 18.8. The highest BCUT2D eigenvalue weighted by molar-refractivity contribution is 5.86. The summed E-state index contributed by atoms with van der Waals surface area (Å²) in [5.74, 6) is 0.330. The van der Waals surface area contributed by atoms with Gasteiger partial charge in [0, 0.05) is 5.56 Å². The third kappa shape index (κ3) is 4.89. The van der Waals surface area contributed by atoms with Crippen molar-refractivity contribution >= 4 is 29.0 Å². The molecule has 0 aliphatic rings. The van der Waals surface area contributed by atoms with Crippen molar-refractivity contribution in [2.45, 2.75) is 13.2 Å². The van der Waals surface area contributed by atoms with E-state index in [1.54, 1.807) is 47.0 Å². The molecule has 3 N–H and O–H groups in total. The van der Waals surface area contributed by atoms with Crippen molar-refractivity contribution in [3.63, 3.8) is 0 Å². The van der Waals surface area contributed by atoms with E-state index in [9.17, 15) is 9.18 Å². The van der Waals surface area contributed by atoms with Crippen LogP contribution in [-0.4, -0.2) is 32.0 Å². The van der Waals surface area contributed by atoms with Crippen molar-refractivity contribution in [3.8, 4) is 17.3 Å². The molecule has 2 heterocycles. The third-order valence-corrected chi connectivity index (χ3v) is 5.32. The van der Waals surface area contributed by atoms with Gasteiger partial charge in [0.2, 0.25) is 0 Å². The lowest BCUT2D eigenvalue weighted by Crippen LogP contribution is -2.23. The van der Waals surface area contributed by atoms with Gasteiger partial charge in [-0.1, -0.05) is 30.3 Å². The number of carbonyl (C=O) groups is 1. The van der Waals surface area contributed by atoms with Crippen molar-refractivity contribution in [3.05, 3.63) is 89.7 Å². The Morgan fingerprint density at radius 2 is 1.86 bits per heavy atom. The summed E-state index contributed by atoms with van der Waals surface area (Å²) in [6.07, 6.45) is 1.50. The van der Waals surface area contributed by atoms with Crippen LogP contribution in [0.2, 0.25) is 0 Å². The number of para-hydroxylation sites is 2. The number of imidazole rings is 1. The van der Waals surface area contributed by atoms with Gasteiger partial charge in [0.1, 0.15) is 24.7 Å². The van der Waals surface area contributed by atoms with E-state index in [-0.39, 0.29) is 36.4 Å². The van der Waals surface area contributed by atoms with Crippen LogP contribution in [0.5, 0.6) is 5.75 Å². The quantitative estimate of drug-likeness (QED) is 0.254. The van der Waals surface area contributed by atoms with Gasteiger partial charge >= 0.3 is 0 Å². The molecule has 5 aromatic rings. The topological polar surface area (TPSA) is 133 Å². The number of nitrogens with two attached hydrogens (primary N) is 1. The van der Waals surface area contributed by atoms with Gasteiger partial charge in [-0.3, -0.25) is 4.79 Å². The average molecular weight is 485 g/mol. The molecule has 180 valence electrons. The highest BCUT2D eigenvalue weighted by atomic mass is 19.1. The molecule has 0 spiro atoms. The van der Waals surface area contributed by atoms with Gasteiger partial charge in [-0.2, -0.15) is 5.10 Å². The number of nitrogens with one attached hydrogen (secondary N) is 1. The van der Waals surface area contributed by atoms with Crippen LogP contribution in [0.1, 0.15) is 11.1 Å². The lowest BCUT2D eigenvalue weighted by atomic mass is 10.2. The van der Waals surface area contributed by atoms with E-state index >= 15 is 0 Å². The summed E-state index contributed by atoms with van der Waals surface area (Å²) in [6.45, 7) is 0.0411. The van der Waals surface area contributed by atoms with Gasteiger partial charge in [-0.25, -0.2) is 19.4 Å². The molecule has 0 unspecified atom stereocenters. The number of fused-ring (bicyclic) bond motifs is 1. The Balaban J connectivity index is 1.22. The highest BCUT2D eigenvalue weighted by Gasteiger charge is 2.20. The summed E-state index contributed by atoms with van der Waals surface area (Å²) >= 11 is 0. The number of aromatic nitrogens is 4. The third-order valence-electron chi connectivity index (χ3n) is 5.32. The van der Waals surface area contributed by atoms with Gasteiger partial charge in [0.05, 0.1) is 17.2 Å². The molecule has 0 radical (unpaired) electrons. The molecule has 36 heavy (non-hydrogen) atoms. The van der Waals surface area contributed by atoms with E-state index in [1.807, 2.05) is 24.3 Å². The summed E-state index contributed by atoms with van der Waals surface area (Å²) in [5.41, 5.74) is 11.2. The maximum absolute atomic E-state index is 13.7. The van der Waals surface area contributed by atoms with Gasteiger partial charge < -0.3 is 15.0 Å². The average Bonchev–Trinajstić information content (AvgIpc) is 3.47. The number of nitrogen functional groups attached to an aromatic ring is 1. The zero-order valence-corrected chi connectivity index (χ0v) is 18.8. The SMILES string of the molecule is Nc1nonc1-c1nc2ccccc2n1CC(=O)N/N=C/c1ccc(OCc2ccccc2F)cc1. The summed E-state index contributed by atoms with van der Waals surface area (Å²) in [5, 5.41) is 11.4. The fourth-order valence-corrected chi connectivity index (χ4v) is 3.55. The van der Waals surface area contributed by atoms with Crippen molar-refractivity contribution in [2.24, 2.45) is 5.10 Å². The molecular formula is C25H20FN7O3. The molecule has 0 saturated carbocycles. The van der Waals surface area contributed by atoms with Gasteiger partial charge in [-0.05, 0) is 58.3 Å². The molecule has 0 atom stereocenters. The summed E-state index contributed by atoms with van der Waals surface area (Å²) in [4.78, 5) is 17.2. The zero-order chi connectivity index (χ0) is 24.9. The normalized spacial score (nSPS) is 11.2. The smallest absolute Gasteiger partial charge is 0.260 e. The van der Waals surface area contributed by atoms with Gasteiger partial charge in [0.15, 0.2) is 17.3 Å². The number of rotatable bonds is 8. The molecule has 0 saturated heterocycles. The van der Waals surface area contributed by atoms with Crippen LogP contribution in [0.4, 0.5) is 10.2 Å². The molecule has 1 amide bonds. The Morgan fingerprint density at radius 3 is 2.64 bits per heavy atom. The molecule has 0 fully saturated rings. The number of nitrogens with zero attached hydrogens (tertiary/aromatic N) is 5. The van der Waals surface area contributed by atoms with E-state index in [0.717, 1.165) is 11.1 Å². The van der Waals surface area contributed by atoms with E-state index in [1.165, 1.54) is 12.3 Å².